The van der Waals surface area contributed by atoms with Crippen molar-refractivity contribution in [3.8, 4) is 16.9 Å². The van der Waals surface area contributed by atoms with Crippen molar-refractivity contribution in [3.05, 3.63) is 95.6 Å². The van der Waals surface area contributed by atoms with Crippen LogP contribution >= 0.6 is 0 Å². The molecule has 1 aliphatic rings. The van der Waals surface area contributed by atoms with E-state index in [1.807, 2.05) is 30.3 Å². The normalized spacial score (nSPS) is 14.6. The van der Waals surface area contributed by atoms with Crippen LogP contribution in [0.1, 0.15) is 42.6 Å². The molecule has 37 heavy (non-hydrogen) atoms. The van der Waals surface area contributed by atoms with Gasteiger partial charge in [-0.05, 0) is 50.5 Å². The molecule has 1 aliphatic carbocycles. The molecule has 4 aromatic rings. The molecule has 0 bridgehead atoms. The number of carbonyl (C=O) groups is 2. The highest BCUT2D eigenvalue weighted by atomic mass is 19.1. The summed E-state index contributed by atoms with van der Waals surface area (Å²) in [4.78, 5) is 28.5. The van der Waals surface area contributed by atoms with E-state index in [0.717, 1.165) is 11.1 Å². The molecular formula is C28H25FN4O4. The van der Waals surface area contributed by atoms with Gasteiger partial charge in [-0.1, -0.05) is 42.5 Å². The molecule has 2 heterocycles. The second kappa shape index (κ2) is 9.50. The summed E-state index contributed by atoms with van der Waals surface area (Å²) in [6.45, 7) is 3.59. The number of carboxylic acids is 1. The van der Waals surface area contributed by atoms with Crippen molar-refractivity contribution in [2.75, 3.05) is 5.32 Å². The minimum Gasteiger partial charge on any atom is -0.481 e. The fourth-order valence-electron chi connectivity index (χ4n) is 4.30. The van der Waals surface area contributed by atoms with Crippen LogP contribution in [-0.2, 0) is 14.9 Å². The maximum absolute atomic E-state index is 15.3. The molecule has 0 spiro atoms. The van der Waals surface area contributed by atoms with Crippen LogP contribution in [0, 0.1) is 12.7 Å². The van der Waals surface area contributed by atoms with E-state index in [1.54, 1.807) is 49.0 Å². The number of nitrogens with one attached hydrogen (secondary N) is 1. The van der Waals surface area contributed by atoms with Gasteiger partial charge in [0.25, 0.3) is 0 Å². The molecular weight excluding hydrogens is 475 g/mol. The molecule has 1 saturated carbocycles. The first kappa shape index (κ1) is 24.2. The van der Waals surface area contributed by atoms with E-state index in [-0.39, 0.29) is 11.1 Å². The number of anilines is 1. The SMILES string of the molecule is Cc1cn(-c2ccc(-c3cccc(C4(C(=O)O)CC4)c3F)nc2)nc1NC(=O)OC(C)c1ccccc1. The highest BCUT2D eigenvalue weighted by molar-refractivity contribution is 5.86. The van der Waals surface area contributed by atoms with Gasteiger partial charge in [0.1, 0.15) is 11.9 Å². The minimum atomic E-state index is -1.14. The summed E-state index contributed by atoms with van der Waals surface area (Å²) in [6, 6.07) is 17.6. The number of pyridine rings is 1. The Kier molecular flexibility index (Phi) is 6.20. The van der Waals surface area contributed by atoms with E-state index in [4.69, 9.17) is 4.74 Å². The van der Waals surface area contributed by atoms with Crippen LogP contribution in [0.15, 0.2) is 73.1 Å². The maximum atomic E-state index is 15.3. The van der Waals surface area contributed by atoms with Crippen LogP contribution in [0.4, 0.5) is 15.0 Å². The predicted octanol–water partition coefficient (Wildman–Crippen LogP) is 5.81. The standard InChI is InChI=1S/C28H25FN4O4/c1-17-16-33(32-25(17)31-27(36)37-18(2)19-7-4-3-5-8-19)20-11-12-23(30-15-20)21-9-6-10-22(24(21)29)28(13-14-28)26(34)35/h3-12,15-16,18H,13-14H2,1-2H3,(H,34,35)(H,31,32,36). The Balaban J connectivity index is 1.31. The number of halogens is 1. The number of aromatic nitrogens is 3. The maximum Gasteiger partial charge on any atom is 0.413 e. The van der Waals surface area contributed by atoms with E-state index in [2.05, 4.69) is 15.4 Å². The summed E-state index contributed by atoms with van der Waals surface area (Å²) >= 11 is 0. The van der Waals surface area contributed by atoms with Gasteiger partial charge in [0, 0.05) is 22.9 Å². The van der Waals surface area contributed by atoms with Crippen molar-refractivity contribution in [1.29, 1.82) is 0 Å². The van der Waals surface area contributed by atoms with E-state index in [1.165, 1.54) is 12.3 Å². The molecule has 2 aromatic carbocycles. The number of rotatable bonds is 7. The van der Waals surface area contributed by atoms with Crippen LogP contribution in [0.3, 0.4) is 0 Å². The third kappa shape index (κ3) is 4.67. The van der Waals surface area contributed by atoms with Gasteiger partial charge >= 0.3 is 12.1 Å². The fourth-order valence-corrected chi connectivity index (χ4v) is 4.30. The van der Waals surface area contributed by atoms with Gasteiger partial charge < -0.3 is 9.84 Å². The number of aliphatic carboxylic acids is 1. The quantitative estimate of drug-likeness (QED) is 0.332. The molecule has 9 heteroatoms. The second-order valence-electron chi connectivity index (χ2n) is 9.14. The average Bonchev–Trinajstić information content (AvgIpc) is 3.63. The lowest BCUT2D eigenvalue weighted by Crippen LogP contribution is -2.21. The van der Waals surface area contributed by atoms with E-state index < -0.39 is 29.4 Å². The molecule has 1 atom stereocenters. The Morgan fingerprint density at radius 1 is 1.11 bits per heavy atom. The molecule has 0 aliphatic heterocycles. The first-order chi connectivity index (χ1) is 17.8. The Hall–Kier alpha value is -4.53. The van der Waals surface area contributed by atoms with E-state index >= 15 is 4.39 Å². The van der Waals surface area contributed by atoms with Crippen molar-refractivity contribution in [2.45, 2.75) is 38.2 Å². The number of benzene rings is 2. The monoisotopic (exact) mass is 500 g/mol. The number of aryl methyl sites for hydroxylation is 1. The van der Waals surface area contributed by atoms with Gasteiger partial charge in [-0.15, -0.1) is 5.10 Å². The Morgan fingerprint density at radius 2 is 1.86 bits per heavy atom. The second-order valence-corrected chi connectivity index (χ2v) is 9.14. The first-order valence-electron chi connectivity index (χ1n) is 11.9. The van der Waals surface area contributed by atoms with Crippen molar-refractivity contribution in [2.24, 2.45) is 0 Å². The van der Waals surface area contributed by atoms with Gasteiger partial charge in [0.15, 0.2) is 5.82 Å². The highest BCUT2D eigenvalue weighted by Gasteiger charge is 2.53. The van der Waals surface area contributed by atoms with Crippen LogP contribution in [0.25, 0.3) is 16.9 Å². The lowest BCUT2D eigenvalue weighted by Gasteiger charge is -2.14. The lowest BCUT2D eigenvalue weighted by atomic mass is 9.93. The molecule has 1 amide bonds. The van der Waals surface area contributed by atoms with Gasteiger partial charge in [-0.3, -0.25) is 15.1 Å². The summed E-state index contributed by atoms with van der Waals surface area (Å²) in [5.74, 6) is -1.23. The summed E-state index contributed by atoms with van der Waals surface area (Å²) in [5.41, 5.74) is 1.87. The third-order valence-corrected chi connectivity index (χ3v) is 6.63. The largest absolute Gasteiger partial charge is 0.481 e. The molecule has 2 N–H and O–H groups in total. The summed E-state index contributed by atoms with van der Waals surface area (Å²) in [6.07, 6.45) is 3.06. The van der Waals surface area contributed by atoms with Crippen molar-refractivity contribution < 1.29 is 23.8 Å². The molecule has 1 fully saturated rings. The summed E-state index contributed by atoms with van der Waals surface area (Å²) in [7, 11) is 0. The molecule has 1 unspecified atom stereocenters. The van der Waals surface area contributed by atoms with Gasteiger partial charge in [-0.2, -0.15) is 0 Å². The first-order valence-corrected chi connectivity index (χ1v) is 11.9. The van der Waals surface area contributed by atoms with Gasteiger partial charge in [-0.25, -0.2) is 13.9 Å². The third-order valence-electron chi connectivity index (χ3n) is 6.63. The van der Waals surface area contributed by atoms with Gasteiger partial charge in [0.05, 0.1) is 23.0 Å². The van der Waals surface area contributed by atoms with Crippen LogP contribution in [0.5, 0.6) is 0 Å². The Bertz CT molecular complexity index is 1460. The molecule has 5 rings (SSSR count). The number of ether oxygens (including phenoxy) is 1. The number of carboxylic acid groups (broad SMARTS) is 1. The zero-order valence-corrected chi connectivity index (χ0v) is 20.3. The van der Waals surface area contributed by atoms with Crippen LogP contribution in [-0.4, -0.2) is 31.9 Å². The van der Waals surface area contributed by atoms with E-state index in [0.29, 0.717) is 30.0 Å². The highest BCUT2D eigenvalue weighted by Crippen LogP contribution is 2.50. The molecule has 8 nitrogen and oxygen atoms in total. The smallest absolute Gasteiger partial charge is 0.413 e. The molecule has 0 saturated heterocycles. The molecule has 188 valence electrons. The molecule has 2 aromatic heterocycles. The Morgan fingerprint density at radius 3 is 2.51 bits per heavy atom. The van der Waals surface area contributed by atoms with E-state index in [9.17, 15) is 14.7 Å². The summed E-state index contributed by atoms with van der Waals surface area (Å²) in [5, 5.41) is 16.6. The number of hydrogen-bond donors (Lipinski definition) is 2. The number of amides is 1. The number of hydrogen-bond acceptors (Lipinski definition) is 5. The number of nitrogens with zero attached hydrogens (tertiary/aromatic N) is 3. The van der Waals surface area contributed by atoms with Crippen molar-refractivity contribution >= 4 is 17.9 Å². The summed E-state index contributed by atoms with van der Waals surface area (Å²) < 4.78 is 22.3. The van der Waals surface area contributed by atoms with Gasteiger partial charge in [0.2, 0.25) is 0 Å². The average molecular weight is 501 g/mol. The zero-order valence-electron chi connectivity index (χ0n) is 20.3. The van der Waals surface area contributed by atoms with Crippen molar-refractivity contribution in [1.82, 2.24) is 14.8 Å². The topological polar surface area (TPSA) is 106 Å². The zero-order chi connectivity index (χ0) is 26.2. The van der Waals surface area contributed by atoms with Crippen LogP contribution in [0.2, 0.25) is 0 Å². The number of carbonyl (C=O) groups excluding carboxylic acids is 1. The lowest BCUT2D eigenvalue weighted by molar-refractivity contribution is -0.140. The van der Waals surface area contributed by atoms with Crippen molar-refractivity contribution in [3.63, 3.8) is 0 Å². The van der Waals surface area contributed by atoms with Crippen LogP contribution < -0.4 is 5.32 Å². The minimum absolute atomic E-state index is 0.190. The Labute approximate surface area is 212 Å². The molecule has 0 radical (unpaired) electrons. The fraction of sp³-hybridized carbons (Fsp3) is 0.214. The predicted molar refractivity (Wildman–Crippen MR) is 135 cm³/mol.